The second-order valence-electron chi connectivity index (χ2n) is 5.62. The van der Waals surface area contributed by atoms with Crippen LogP contribution in [0.1, 0.15) is 26.3 Å². The highest BCUT2D eigenvalue weighted by atomic mass is 16.5. The monoisotopic (exact) mass is 276 g/mol. The van der Waals surface area contributed by atoms with Gasteiger partial charge >= 0.3 is 0 Å². The largest absolute Gasteiger partial charge is 0.478 e. The topological polar surface area (TPSA) is 41.6 Å². The number of carbonyl (C=O) groups is 1. The van der Waals surface area contributed by atoms with E-state index >= 15 is 0 Å². The number of hydrogen-bond donors (Lipinski definition) is 1. The molecule has 1 aliphatic rings. The van der Waals surface area contributed by atoms with E-state index < -0.39 is 5.60 Å². The molecule has 1 amide bonds. The van der Waals surface area contributed by atoms with Crippen molar-refractivity contribution >= 4 is 5.91 Å². The number of benzene rings is 1. The van der Waals surface area contributed by atoms with E-state index in [4.69, 9.17) is 4.74 Å². The van der Waals surface area contributed by atoms with Gasteiger partial charge in [0, 0.05) is 26.2 Å². The maximum atomic E-state index is 12.6. The molecule has 1 aliphatic heterocycles. The van der Waals surface area contributed by atoms with Crippen LogP contribution in [-0.2, 0) is 11.2 Å². The summed E-state index contributed by atoms with van der Waals surface area (Å²) in [6, 6.07) is 7.92. The van der Waals surface area contributed by atoms with E-state index in [1.54, 1.807) is 0 Å². The summed E-state index contributed by atoms with van der Waals surface area (Å²) in [6.07, 6.45) is 0.897. The molecule has 1 aromatic rings. The summed E-state index contributed by atoms with van der Waals surface area (Å²) >= 11 is 0. The number of nitrogens with zero attached hydrogens (tertiary/aromatic N) is 1. The number of piperazine rings is 1. The number of hydrogen-bond acceptors (Lipinski definition) is 3. The van der Waals surface area contributed by atoms with Crippen LogP contribution >= 0.6 is 0 Å². The van der Waals surface area contributed by atoms with Crippen LogP contribution in [0.5, 0.6) is 5.75 Å². The molecule has 1 heterocycles. The average Bonchev–Trinajstić information content (AvgIpc) is 2.47. The fraction of sp³-hybridized carbons (Fsp3) is 0.562. The predicted octanol–water partition coefficient (Wildman–Crippen LogP) is 1.84. The van der Waals surface area contributed by atoms with Crippen LogP contribution in [0.4, 0.5) is 0 Å². The molecule has 20 heavy (non-hydrogen) atoms. The van der Waals surface area contributed by atoms with Crippen LogP contribution in [-0.4, -0.2) is 42.6 Å². The zero-order valence-corrected chi connectivity index (χ0v) is 12.6. The zero-order valence-electron chi connectivity index (χ0n) is 12.6. The van der Waals surface area contributed by atoms with Crippen molar-refractivity contribution in [2.75, 3.05) is 26.2 Å². The quantitative estimate of drug-likeness (QED) is 0.912. The number of ether oxygens (including phenoxy) is 1. The number of amides is 1. The molecule has 2 rings (SSSR count). The van der Waals surface area contributed by atoms with Gasteiger partial charge in [0.25, 0.3) is 5.91 Å². The van der Waals surface area contributed by atoms with E-state index in [-0.39, 0.29) is 5.91 Å². The summed E-state index contributed by atoms with van der Waals surface area (Å²) in [5.74, 6) is 0.869. The van der Waals surface area contributed by atoms with Crippen molar-refractivity contribution < 1.29 is 9.53 Å². The molecule has 110 valence electrons. The Kier molecular flexibility index (Phi) is 4.65. The average molecular weight is 276 g/mol. The highest BCUT2D eigenvalue weighted by Crippen LogP contribution is 2.25. The van der Waals surface area contributed by atoms with Gasteiger partial charge in [-0.1, -0.05) is 25.1 Å². The van der Waals surface area contributed by atoms with Crippen molar-refractivity contribution in [3.8, 4) is 5.75 Å². The Morgan fingerprint density at radius 2 is 1.95 bits per heavy atom. The lowest BCUT2D eigenvalue weighted by molar-refractivity contribution is -0.146. The molecule has 0 unspecified atom stereocenters. The summed E-state index contributed by atoms with van der Waals surface area (Å²) in [6.45, 7) is 9.00. The summed E-state index contributed by atoms with van der Waals surface area (Å²) in [5, 5.41) is 3.25. The Hall–Kier alpha value is -1.55. The molecule has 1 N–H and O–H groups in total. The number of aryl methyl sites for hydroxylation is 1. The van der Waals surface area contributed by atoms with Crippen molar-refractivity contribution in [3.05, 3.63) is 29.8 Å². The molecular weight excluding hydrogens is 252 g/mol. The van der Waals surface area contributed by atoms with Crippen molar-refractivity contribution in [1.82, 2.24) is 10.2 Å². The SMILES string of the molecule is CCc1ccccc1OC(C)(C)C(=O)N1CCNCC1. The van der Waals surface area contributed by atoms with Gasteiger partial charge in [-0.2, -0.15) is 0 Å². The number of nitrogens with one attached hydrogen (secondary N) is 1. The first-order valence-electron chi connectivity index (χ1n) is 7.31. The van der Waals surface area contributed by atoms with Crippen LogP contribution in [0.2, 0.25) is 0 Å². The Morgan fingerprint density at radius 3 is 2.60 bits per heavy atom. The van der Waals surface area contributed by atoms with Gasteiger partial charge in [-0.15, -0.1) is 0 Å². The fourth-order valence-corrected chi connectivity index (χ4v) is 2.46. The van der Waals surface area contributed by atoms with Crippen LogP contribution in [0.3, 0.4) is 0 Å². The maximum Gasteiger partial charge on any atom is 0.266 e. The third-order valence-corrected chi connectivity index (χ3v) is 3.64. The summed E-state index contributed by atoms with van der Waals surface area (Å²) in [5.41, 5.74) is 0.302. The molecule has 1 saturated heterocycles. The highest BCUT2D eigenvalue weighted by molar-refractivity contribution is 5.85. The molecule has 0 bridgehead atoms. The predicted molar refractivity (Wildman–Crippen MR) is 80.0 cm³/mol. The van der Waals surface area contributed by atoms with Gasteiger partial charge in [-0.25, -0.2) is 0 Å². The van der Waals surface area contributed by atoms with Crippen LogP contribution in [0, 0.1) is 0 Å². The molecule has 0 saturated carbocycles. The molecule has 4 nitrogen and oxygen atoms in total. The summed E-state index contributed by atoms with van der Waals surface area (Å²) < 4.78 is 6.03. The maximum absolute atomic E-state index is 12.6. The third-order valence-electron chi connectivity index (χ3n) is 3.64. The normalized spacial score (nSPS) is 16.1. The van der Waals surface area contributed by atoms with E-state index in [1.807, 2.05) is 43.0 Å². The van der Waals surface area contributed by atoms with E-state index in [1.165, 1.54) is 0 Å². The first-order valence-corrected chi connectivity index (χ1v) is 7.31. The lowest BCUT2D eigenvalue weighted by Crippen LogP contribution is -2.54. The van der Waals surface area contributed by atoms with Gasteiger partial charge in [0.05, 0.1) is 0 Å². The Morgan fingerprint density at radius 1 is 1.30 bits per heavy atom. The first kappa shape index (κ1) is 14.9. The lowest BCUT2D eigenvalue weighted by Gasteiger charge is -2.35. The van der Waals surface area contributed by atoms with Gasteiger partial charge < -0.3 is 15.0 Å². The second kappa shape index (κ2) is 6.27. The van der Waals surface area contributed by atoms with Crippen molar-refractivity contribution in [2.45, 2.75) is 32.8 Å². The van der Waals surface area contributed by atoms with E-state index in [0.29, 0.717) is 0 Å². The van der Waals surface area contributed by atoms with E-state index in [0.717, 1.165) is 43.9 Å². The fourth-order valence-electron chi connectivity index (χ4n) is 2.46. The molecule has 1 fully saturated rings. The summed E-state index contributed by atoms with van der Waals surface area (Å²) in [7, 11) is 0. The van der Waals surface area contributed by atoms with Crippen LogP contribution in [0.25, 0.3) is 0 Å². The molecule has 0 spiro atoms. The minimum Gasteiger partial charge on any atom is -0.478 e. The zero-order chi connectivity index (χ0) is 14.6. The van der Waals surface area contributed by atoms with Crippen LogP contribution < -0.4 is 10.1 Å². The first-order chi connectivity index (χ1) is 9.54. The van der Waals surface area contributed by atoms with Crippen molar-refractivity contribution in [1.29, 1.82) is 0 Å². The molecular formula is C16H24N2O2. The lowest BCUT2D eigenvalue weighted by atomic mass is 10.1. The smallest absolute Gasteiger partial charge is 0.266 e. The van der Waals surface area contributed by atoms with Gasteiger partial charge in [0.2, 0.25) is 0 Å². The van der Waals surface area contributed by atoms with Crippen molar-refractivity contribution in [2.24, 2.45) is 0 Å². The molecule has 0 aliphatic carbocycles. The molecule has 4 heteroatoms. The van der Waals surface area contributed by atoms with Crippen LogP contribution in [0.15, 0.2) is 24.3 Å². The Balaban J connectivity index is 2.11. The molecule has 0 aromatic heterocycles. The van der Waals surface area contributed by atoms with E-state index in [9.17, 15) is 4.79 Å². The van der Waals surface area contributed by atoms with Gasteiger partial charge in [0.1, 0.15) is 5.75 Å². The molecule has 0 radical (unpaired) electrons. The minimum atomic E-state index is -0.831. The third kappa shape index (κ3) is 3.31. The Bertz CT molecular complexity index is 465. The Labute approximate surface area is 121 Å². The van der Waals surface area contributed by atoms with Gasteiger partial charge in [-0.3, -0.25) is 4.79 Å². The second-order valence-corrected chi connectivity index (χ2v) is 5.62. The molecule has 0 atom stereocenters. The van der Waals surface area contributed by atoms with Gasteiger partial charge in [0.15, 0.2) is 5.60 Å². The van der Waals surface area contributed by atoms with E-state index in [2.05, 4.69) is 12.2 Å². The van der Waals surface area contributed by atoms with Gasteiger partial charge in [-0.05, 0) is 31.9 Å². The number of rotatable bonds is 4. The molecule has 1 aromatic carbocycles. The van der Waals surface area contributed by atoms with Crippen molar-refractivity contribution in [3.63, 3.8) is 0 Å². The minimum absolute atomic E-state index is 0.0601. The standard InChI is InChI=1S/C16H24N2O2/c1-4-13-7-5-6-8-14(13)20-16(2,3)15(19)18-11-9-17-10-12-18/h5-8,17H,4,9-12H2,1-3H3. The number of carbonyl (C=O) groups excluding carboxylic acids is 1. The number of para-hydroxylation sites is 1. The summed E-state index contributed by atoms with van der Waals surface area (Å²) in [4.78, 5) is 14.5. The highest BCUT2D eigenvalue weighted by Gasteiger charge is 2.35.